The van der Waals surface area contributed by atoms with Crippen molar-refractivity contribution in [3.8, 4) is 11.6 Å². The molecule has 0 amide bonds. The summed E-state index contributed by atoms with van der Waals surface area (Å²) in [6.07, 6.45) is 4.84. The average Bonchev–Trinajstić information content (AvgIpc) is 3.03. The fraction of sp³-hybridized carbons (Fsp3) is 0.133. The van der Waals surface area contributed by atoms with Gasteiger partial charge in [-0.05, 0) is 36.8 Å². The third-order valence-corrected chi connectivity index (χ3v) is 3.18. The van der Waals surface area contributed by atoms with Gasteiger partial charge in [0.1, 0.15) is 18.4 Å². The zero-order chi connectivity index (χ0) is 14.7. The van der Waals surface area contributed by atoms with Gasteiger partial charge in [-0.25, -0.2) is 14.6 Å². The molecule has 0 bridgehead atoms. The Bertz CT molecular complexity index is 692. The molecule has 1 atom stereocenters. The van der Waals surface area contributed by atoms with Gasteiger partial charge in [-0.2, -0.15) is 5.10 Å². The van der Waals surface area contributed by atoms with Gasteiger partial charge < -0.3 is 10.4 Å². The summed E-state index contributed by atoms with van der Waals surface area (Å²) < 4.78 is 1.60. The molecule has 0 fully saturated rings. The van der Waals surface area contributed by atoms with E-state index in [4.69, 9.17) is 0 Å². The minimum atomic E-state index is 0.115. The Labute approximate surface area is 122 Å². The fourth-order valence-corrected chi connectivity index (χ4v) is 2.03. The zero-order valence-corrected chi connectivity index (χ0v) is 11.5. The minimum Gasteiger partial charge on any atom is -0.508 e. The molecule has 0 saturated carbocycles. The summed E-state index contributed by atoms with van der Waals surface area (Å²) in [6, 6.07) is 11.1. The molecule has 2 N–H and O–H groups in total. The summed E-state index contributed by atoms with van der Waals surface area (Å²) in [5.41, 5.74) is 2.01. The second kappa shape index (κ2) is 5.62. The third kappa shape index (κ3) is 3.00. The van der Waals surface area contributed by atoms with Crippen molar-refractivity contribution in [1.29, 1.82) is 0 Å². The molecule has 21 heavy (non-hydrogen) atoms. The average molecular weight is 281 g/mol. The molecule has 0 radical (unpaired) electrons. The summed E-state index contributed by atoms with van der Waals surface area (Å²) >= 11 is 0. The van der Waals surface area contributed by atoms with E-state index in [-0.39, 0.29) is 11.8 Å². The number of nitrogens with zero attached hydrogens (tertiary/aromatic N) is 4. The summed E-state index contributed by atoms with van der Waals surface area (Å²) in [6.45, 7) is 2.05. The van der Waals surface area contributed by atoms with E-state index < -0.39 is 0 Å². The van der Waals surface area contributed by atoms with Crippen LogP contribution in [-0.4, -0.2) is 24.9 Å². The van der Waals surface area contributed by atoms with Gasteiger partial charge in [-0.15, -0.1) is 0 Å². The molecule has 0 saturated heterocycles. The Kier molecular flexibility index (Phi) is 3.51. The van der Waals surface area contributed by atoms with Crippen LogP contribution < -0.4 is 5.32 Å². The van der Waals surface area contributed by atoms with E-state index in [1.54, 1.807) is 29.3 Å². The monoisotopic (exact) mass is 281 g/mol. The molecule has 6 nitrogen and oxygen atoms in total. The number of benzene rings is 1. The van der Waals surface area contributed by atoms with Crippen molar-refractivity contribution < 1.29 is 5.11 Å². The van der Waals surface area contributed by atoms with Gasteiger partial charge in [-0.1, -0.05) is 12.1 Å². The topological polar surface area (TPSA) is 75.9 Å². The van der Waals surface area contributed by atoms with E-state index in [0.717, 1.165) is 17.1 Å². The van der Waals surface area contributed by atoms with E-state index in [0.29, 0.717) is 0 Å². The van der Waals surface area contributed by atoms with Gasteiger partial charge in [0.25, 0.3) is 0 Å². The van der Waals surface area contributed by atoms with E-state index >= 15 is 0 Å². The van der Waals surface area contributed by atoms with Crippen LogP contribution in [-0.2, 0) is 0 Å². The van der Waals surface area contributed by atoms with Gasteiger partial charge in [0.15, 0.2) is 5.82 Å². The molecule has 2 aromatic heterocycles. The third-order valence-electron chi connectivity index (χ3n) is 3.18. The number of phenolic OH excluding ortho intramolecular Hbond substituents is 1. The number of hydrogen-bond donors (Lipinski definition) is 2. The predicted molar refractivity (Wildman–Crippen MR) is 79.3 cm³/mol. The van der Waals surface area contributed by atoms with Gasteiger partial charge in [-0.3, -0.25) is 0 Å². The predicted octanol–water partition coefficient (Wildman–Crippen LogP) is 2.54. The van der Waals surface area contributed by atoms with Crippen LogP contribution in [0.25, 0.3) is 5.82 Å². The first-order chi connectivity index (χ1) is 10.2. The lowest BCUT2D eigenvalue weighted by atomic mass is 10.1. The first-order valence-electron chi connectivity index (χ1n) is 6.59. The number of phenols is 1. The van der Waals surface area contributed by atoms with E-state index in [9.17, 15) is 5.11 Å². The van der Waals surface area contributed by atoms with Gasteiger partial charge in [0, 0.05) is 6.04 Å². The molecule has 0 aliphatic heterocycles. The number of anilines is 1. The highest BCUT2D eigenvalue weighted by Gasteiger charge is 2.06. The van der Waals surface area contributed by atoms with Crippen LogP contribution in [0.3, 0.4) is 0 Å². The lowest BCUT2D eigenvalue weighted by molar-refractivity contribution is 0.475. The fourth-order valence-electron chi connectivity index (χ4n) is 2.03. The Balaban J connectivity index is 1.71. The van der Waals surface area contributed by atoms with Crippen molar-refractivity contribution in [3.05, 3.63) is 60.8 Å². The highest BCUT2D eigenvalue weighted by molar-refractivity contribution is 5.45. The normalized spacial score (nSPS) is 12.0. The SMILES string of the molecule is CC(Nc1ccc(-n2cncn2)nc1)c1ccc(O)cc1. The molecule has 1 unspecified atom stereocenters. The smallest absolute Gasteiger partial charge is 0.155 e. The van der Waals surface area contributed by atoms with Crippen LogP contribution in [0.15, 0.2) is 55.2 Å². The van der Waals surface area contributed by atoms with Crippen LogP contribution in [0, 0.1) is 0 Å². The Morgan fingerprint density at radius 3 is 2.57 bits per heavy atom. The van der Waals surface area contributed by atoms with Crippen LogP contribution in [0.2, 0.25) is 0 Å². The van der Waals surface area contributed by atoms with Crippen molar-refractivity contribution >= 4 is 5.69 Å². The second-order valence-electron chi connectivity index (χ2n) is 4.70. The minimum absolute atomic E-state index is 0.115. The number of aromatic hydroxyl groups is 1. The number of nitrogens with one attached hydrogen (secondary N) is 1. The van der Waals surface area contributed by atoms with Crippen molar-refractivity contribution in [1.82, 2.24) is 19.7 Å². The van der Waals surface area contributed by atoms with Crippen LogP contribution in [0.4, 0.5) is 5.69 Å². The summed E-state index contributed by atoms with van der Waals surface area (Å²) in [5, 5.41) is 16.7. The standard InChI is InChI=1S/C15H15N5O/c1-11(12-2-5-14(21)6-3-12)19-13-4-7-15(17-8-13)20-10-16-9-18-20/h2-11,19,21H,1H3. The zero-order valence-electron chi connectivity index (χ0n) is 11.5. The van der Waals surface area contributed by atoms with Crippen LogP contribution in [0.5, 0.6) is 5.75 Å². The summed E-state index contributed by atoms with van der Waals surface area (Å²) in [7, 11) is 0. The molecule has 1 aromatic carbocycles. The molecular formula is C15H15N5O. The largest absolute Gasteiger partial charge is 0.508 e. The van der Waals surface area contributed by atoms with E-state index in [2.05, 4.69) is 27.3 Å². The van der Waals surface area contributed by atoms with Gasteiger partial charge in [0.05, 0.1) is 11.9 Å². The first kappa shape index (κ1) is 13.1. The summed E-state index contributed by atoms with van der Waals surface area (Å²) in [5.74, 6) is 0.986. The van der Waals surface area contributed by atoms with Crippen molar-refractivity contribution in [2.45, 2.75) is 13.0 Å². The van der Waals surface area contributed by atoms with Crippen molar-refractivity contribution in [2.75, 3.05) is 5.32 Å². The Morgan fingerprint density at radius 2 is 1.95 bits per heavy atom. The van der Waals surface area contributed by atoms with Gasteiger partial charge >= 0.3 is 0 Å². The molecule has 0 aliphatic carbocycles. The van der Waals surface area contributed by atoms with Crippen molar-refractivity contribution in [3.63, 3.8) is 0 Å². The Morgan fingerprint density at radius 1 is 1.14 bits per heavy atom. The van der Waals surface area contributed by atoms with Crippen LogP contribution in [0.1, 0.15) is 18.5 Å². The maximum atomic E-state index is 9.31. The lowest BCUT2D eigenvalue weighted by Crippen LogP contribution is -2.07. The summed E-state index contributed by atoms with van der Waals surface area (Å²) in [4.78, 5) is 8.23. The maximum absolute atomic E-state index is 9.31. The molecular weight excluding hydrogens is 266 g/mol. The highest BCUT2D eigenvalue weighted by atomic mass is 16.3. The molecule has 2 heterocycles. The number of aromatic nitrogens is 4. The molecule has 3 aromatic rings. The second-order valence-corrected chi connectivity index (χ2v) is 4.70. The number of pyridine rings is 1. The van der Waals surface area contributed by atoms with E-state index in [1.807, 2.05) is 24.3 Å². The quantitative estimate of drug-likeness (QED) is 0.768. The molecule has 0 spiro atoms. The highest BCUT2D eigenvalue weighted by Crippen LogP contribution is 2.21. The Hall–Kier alpha value is -2.89. The van der Waals surface area contributed by atoms with Gasteiger partial charge in [0.2, 0.25) is 0 Å². The van der Waals surface area contributed by atoms with E-state index in [1.165, 1.54) is 6.33 Å². The molecule has 106 valence electrons. The first-order valence-corrected chi connectivity index (χ1v) is 6.59. The maximum Gasteiger partial charge on any atom is 0.155 e. The number of rotatable bonds is 4. The van der Waals surface area contributed by atoms with Crippen LogP contribution >= 0.6 is 0 Å². The van der Waals surface area contributed by atoms with Crippen molar-refractivity contribution in [2.24, 2.45) is 0 Å². The number of hydrogen-bond acceptors (Lipinski definition) is 5. The lowest BCUT2D eigenvalue weighted by Gasteiger charge is -2.15. The molecule has 6 heteroatoms. The molecule has 3 rings (SSSR count). The molecule has 0 aliphatic rings.